The van der Waals surface area contributed by atoms with Gasteiger partial charge in [0, 0.05) is 26.6 Å². The third-order valence-electron chi connectivity index (χ3n) is 3.05. The Morgan fingerprint density at radius 2 is 2.19 bits per heavy atom. The van der Waals surface area contributed by atoms with Gasteiger partial charge in [-0.15, -0.1) is 0 Å². The summed E-state index contributed by atoms with van der Waals surface area (Å²) in [6.07, 6.45) is 0.853. The van der Waals surface area contributed by atoms with Crippen LogP contribution in [0.4, 0.5) is 0 Å². The number of nitrogens with two attached hydrogens (primary N) is 1. The van der Waals surface area contributed by atoms with Crippen LogP contribution in [0.1, 0.15) is 27.2 Å². The molecular weight excluding hydrogens is 206 g/mol. The Kier molecular flexibility index (Phi) is 4.29. The van der Waals surface area contributed by atoms with E-state index < -0.39 is 6.04 Å². The summed E-state index contributed by atoms with van der Waals surface area (Å²) >= 11 is 0. The van der Waals surface area contributed by atoms with Crippen LogP contribution in [0.15, 0.2) is 0 Å². The van der Waals surface area contributed by atoms with E-state index in [-0.39, 0.29) is 17.9 Å². The number of carbonyl (C=O) groups excluding carboxylic acids is 2. The first-order valence-electron chi connectivity index (χ1n) is 5.79. The Balaban J connectivity index is 2.58. The van der Waals surface area contributed by atoms with Gasteiger partial charge in [0.25, 0.3) is 0 Å². The van der Waals surface area contributed by atoms with Crippen molar-refractivity contribution in [1.29, 1.82) is 0 Å². The highest BCUT2D eigenvalue weighted by Gasteiger charge is 2.31. The third kappa shape index (κ3) is 2.72. The summed E-state index contributed by atoms with van der Waals surface area (Å²) in [7, 11) is 0. The lowest BCUT2D eigenvalue weighted by molar-refractivity contribution is -0.134. The standard InChI is InChI=1S/C11H21N3O2/c1-4-14(9(3)15)10-5-6-13(7-10)11(16)8(2)12/h8,10H,4-7,12H2,1-3H3/t8-,10-/m0/s1. The van der Waals surface area contributed by atoms with Gasteiger partial charge >= 0.3 is 0 Å². The van der Waals surface area contributed by atoms with E-state index in [0.717, 1.165) is 6.42 Å². The molecule has 2 atom stereocenters. The zero-order valence-corrected chi connectivity index (χ0v) is 10.3. The SMILES string of the molecule is CCN(C(C)=O)[C@H]1CCN(C(=O)[C@H](C)N)C1. The largest absolute Gasteiger partial charge is 0.339 e. The lowest BCUT2D eigenvalue weighted by Gasteiger charge is -2.27. The summed E-state index contributed by atoms with van der Waals surface area (Å²) < 4.78 is 0. The van der Waals surface area contributed by atoms with Gasteiger partial charge in [0.15, 0.2) is 0 Å². The molecule has 0 aromatic carbocycles. The molecule has 2 N–H and O–H groups in total. The van der Waals surface area contributed by atoms with Crippen LogP contribution < -0.4 is 5.73 Å². The first-order chi connectivity index (χ1) is 7.47. The molecule has 1 rings (SSSR count). The molecule has 0 aliphatic carbocycles. The Bertz CT molecular complexity index is 278. The predicted molar refractivity (Wildman–Crippen MR) is 61.7 cm³/mol. The van der Waals surface area contributed by atoms with Gasteiger partial charge in [-0.05, 0) is 20.3 Å². The van der Waals surface area contributed by atoms with Crippen molar-refractivity contribution in [1.82, 2.24) is 9.80 Å². The normalized spacial score (nSPS) is 22.0. The average molecular weight is 227 g/mol. The van der Waals surface area contributed by atoms with E-state index in [1.165, 1.54) is 0 Å². The van der Waals surface area contributed by atoms with Crippen molar-refractivity contribution < 1.29 is 9.59 Å². The molecule has 5 nitrogen and oxygen atoms in total. The molecule has 0 bridgehead atoms. The summed E-state index contributed by atoms with van der Waals surface area (Å²) in [6.45, 7) is 7.23. The van der Waals surface area contributed by atoms with Crippen molar-refractivity contribution in [2.24, 2.45) is 5.73 Å². The second-order valence-electron chi connectivity index (χ2n) is 4.32. The van der Waals surface area contributed by atoms with Gasteiger partial charge in [-0.25, -0.2) is 0 Å². The van der Waals surface area contributed by atoms with Gasteiger partial charge < -0.3 is 15.5 Å². The monoisotopic (exact) mass is 227 g/mol. The van der Waals surface area contributed by atoms with Gasteiger partial charge in [0.1, 0.15) is 0 Å². The van der Waals surface area contributed by atoms with Crippen molar-refractivity contribution >= 4 is 11.8 Å². The Morgan fingerprint density at radius 1 is 1.56 bits per heavy atom. The van der Waals surface area contributed by atoms with Crippen molar-refractivity contribution in [2.45, 2.75) is 39.3 Å². The predicted octanol–water partition coefficient (Wildman–Crippen LogP) is -0.197. The minimum atomic E-state index is -0.453. The van der Waals surface area contributed by atoms with Crippen LogP contribution in [0, 0.1) is 0 Å². The Labute approximate surface area is 96.6 Å². The fourth-order valence-corrected chi connectivity index (χ4v) is 2.22. The van der Waals surface area contributed by atoms with Crippen LogP contribution in [0.5, 0.6) is 0 Å². The van der Waals surface area contributed by atoms with Crippen molar-refractivity contribution in [3.05, 3.63) is 0 Å². The number of hydrogen-bond donors (Lipinski definition) is 1. The van der Waals surface area contributed by atoms with Gasteiger partial charge in [-0.3, -0.25) is 9.59 Å². The van der Waals surface area contributed by atoms with Crippen LogP contribution in [-0.4, -0.2) is 53.3 Å². The molecule has 0 aromatic rings. The molecule has 0 radical (unpaired) electrons. The average Bonchev–Trinajstić information content (AvgIpc) is 2.66. The first-order valence-corrected chi connectivity index (χ1v) is 5.79. The summed E-state index contributed by atoms with van der Waals surface area (Å²) in [5.41, 5.74) is 5.56. The van der Waals surface area contributed by atoms with Crippen LogP contribution >= 0.6 is 0 Å². The topological polar surface area (TPSA) is 66.6 Å². The van der Waals surface area contributed by atoms with E-state index in [9.17, 15) is 9.59 Å². The maximum atomic E-state index is 11.7. The molecule has 92 valence electrons. The fourth-order valence-electron chi connectivity index (χ4n) is 2.22. The molecule has 0 saturated carbocycles. The summed E-state index contributed by atoms with van der Waals surface area (Å²) in [6, 6.07) is -0.295. The molecule has 2 amide bonds. The molecule has 16 heavy (non-hydrogen) atoms. The Hall–Kier alpha value is -1.10. The fraction of sp³-hybridized carbons (Fsp3) is 0.818. The molecule has 0 spiro atoms. The number of amides is 2. The van der Waals surface area contributed by atoms with E-state index in [1.54, 1.807) is 18.7 Å². The highest BCUT2D eigenvalue weighted by atomic mass is 16.2. The second kappa shape index (κ2) is 5.30. The Morgan fingerprint density at radius 3 is 2.62 bits per heavy atom. The third-order valence-corrected chi connectivity index (χ3v) is 3.05. The quantitative estimate of drug-likeness (QED) is 0.726. The highest BCUT2D eigenvalue weighted by Crippen LogP contribution is 2.16. The molecule has 1 heterocycles. The van der Waals surface area contributed by atoms with E-state index in [2.05, 4.69) is 0 Å². The smallest absolute Gasteiger partial charge is 0.239 e. The first kappa shape index (κ1) is 13.0. The zero-order chi connectivity index (χ0) is 12.3. The molecule has 1 aliphatic heterocycles. The number of likely N-dealkylation sites (tertiary alicyclic amines) is 1. The van der Waals surface area contributed by atoms with E-state index in [1.807, 2.05) is 11.8 Å². The van der Waals surface area contributed by atoms with Crippen molar-refractivity contribution in [3.63, 3.8) is 0 Å². The maximum Gasteiger partial charge on any atom is 0.239 e. The molecule has 0 aromatic heterocycles. The van der Waals surface area contributed by atoms with E-state index >= 15 is 0 Å². The minimum absolute atomic E-state index is 0.0258. The number of rotatable bonds is 3. The number of nitrogens with zero attached hydrogens (tertiary/aromatic N) is 2. The van der Waals surface area contributed by atoms with Crippen LogP contribution in [0.25, 0.3) is 0 Å². The molecule has 5 heteroatoms. The number of likely N-dealkylation sites (N-methyl/N-ethyl adjacent to an activating group) is 1. The lowest BCUT2D eigenvalue weighted by atomic mass is 10.2. The number of carbonyl (C=O) groups is 2. The van der Waals surface area contributed by atoms with Crippen molar-refractivity contribution in [3.8, 4) is 0 Å². The van der Waals surface area contributed by atoms with Crippen LogP contribution in [0.2, 0.25) is 0 Å². The lowest BCUT2D eigenvalue weighted by Crippen LogP contribution is -2.44. The highest BCUT2D eigenvalue weighted by molar-refractivity contribution is 5.81. The van der Waals surface area contributed by atoms with Gasteiger partial charge in [-0.1, -0.05) is 0 Å². The summed E-state index contributed by atoms with van der Waals surface area (Å²) in [5.74, 6) is 0.0460. The van der Waals surface area contributed by atoms with E-state index in [4.69, 9.17) is 5.73 Å². The second-order valence-corrected chi connectivity index (χ2v) is 4.32. The molecule has 1 fully saturated rings. The van der Waals surface area contributed by atoms with Gasteiger partial charge in [-0.2, -0.15) is 0 Å². The molecular formula is C11H21N3O2. The van der Waals surface area contributed by atoms with Gasteiger partial charge in [0.05, 0.1) is 12.1 Å². The van der Waals surface area contributed by atoms with Crippen LogP contribution in [0.3, 0.4) is 0 Å². The zero-order valence-electron chi connectivity index (χ0n) is 10.3. The minimum Gasteiger partial charge on any atom is -0.339 e. The molecule has 1 aliphatic rings. The summed E-state index contributed by atoms with van der Waals surface area (Å²) in [4.78, 5) is 26.6. The van der Waals surface area contributed by atoms with Crippen LogP contribution in [-0.2, 0) is 9.59 Å². The van der Waals surface area contributed by atoms with E-state index in [0.29, 0.717) is 19.6 Å². The van der Waals surface area contributed by atoms with Gasteiger partial charge in [0.2, 0.25) is 11.8 Å². The van der Waals surface area contributed by atoms with Crippen molar-refractivity contribution in [2.75, 3.05) is 19.6 Å². The number of hydrogen-bond acceptors (Lipinski definition) is 3. The molecule has 0 unspecified atom stereocenters. The summed E-state index contributed by atoms with van der Waals surface area (Å²) in [5, 5.41) is 0. The maximum absolute atomic E-state index is 11.7. The molecule has 1 saturated heterocycles.